The summed E-state index contributed by atoms with van der Waals surface area (Å²) in [5.41, 5.74) is 8.26. The smallest absolute Gasteiger partial charge is 0.237 e. The Hall–Kier alpha value is -1.99. The second-order valence-electron chi connectivity index (χ2n) is 5.74. The molecule has 23 heavy (non-hydrogen) atoms. The van der Waals surface area contributed by atoms with Crippen molar-refractivity contribution in [3.05, 3.63) is 40.4 Å². The van der Waals surface area contributed by atoms with Crippen LogP contribution in [-0.4, -0.2) is 40.1 Å². The minimum Gasteiger partial charge on any atom is -0.374 e. The molecule has 0 unspecified atom stereocenters. The number of benzene rings is 1. The molecule has 3 rings (SSSR count). The Labute approximate surface area is 139 Å². The number of carbonyl (C=O) groups excluding carboxylic acids is 1. The molecule has 2 aromatic rings. The third-order valence-electron chi connectivity index (χ3n) is 4.21. The molecule has 2 heterocycles. The first-order valence-corrected chi connectivity index (χ1v) is 8.61. The van der Waals surface area contributed by atoms with Crippen molar-refractivity contribution in [1.29, 1.82) is 0 Å². The molecule has 1 aromatic heterocycles. The van der Waals surface area contributed by atoms with Crippen molar-refractivity contribution in [2.75, 3.05) is 18.8 Å². The number of nitrogens with two attached hydrogens (primary N) is 1. The number of rotatable bonds is 5. The second kappa shape index (κ2) is 7.06. The van der Waals surface area contributed by atoms with Gasteiger partial charge in [-0.1, -0.05) is 35.6 Å². The molecule has 122 valence electrons. The van der Waals surface area contributed by atoms with Gasteiger partial charge in [-0.2, -0.15) is 0 Å². The van der Waals surface area contributed by atoms with Gasteiger partial charge in [0, 0.05) is 26.1 Å². The number of aromatic nitrogens is 2. The van der Waals surface area contributed by atoms with Crippen LogP contribution in [0.5, 0.6) is 0 Å². The first-order chi connectivity index (χ1) is 11.1. The topological polar surface area (TPSA) is 84.1 Å². The zero-order valence-electron chi connectivity index (χ0n) is 13.2. The van der Waals surface area contributed by atoms with E-state index in [0.717, 1.165) is 24.5 Å². The first kappa shape index (κ1) is 15.9. The SMILES string of the molecule is C[C@@H](C(=O)NCCc1nnc(N)s1)N1CCc2ccccc2C1. The van der Waals surface area contributed by atoms with Crippen LogP contribution in [0.4, 0.5) is 5.13 Å². The molecule has 1 aliphatic heterocycles. The fraction of sp³-hybridized carbons (Fsp3) is 0.438. The van der Waals surface area contributed by atoms with E-state index >= 15 is 0 Å². The van der Waals surface area contributed by atoms with Crippen molar-refractivity contribution in [3.8, 4) is 0 Å². The summed E-state index contributed by atoms with van der Waals surface area (Å²) in [6.45, 7) is 4.27. The summed E-state index contributed by atoms with van der Waals surface area (Å²) in [7, 11) is 0. The van der Waals surface area contributed by atoms with E-state index in [9.17, 15) is 4.79 Å². The Bertz CT molecular complexity index is 687. The van der Waals surface area contributed by atoms with Crippen molar-refractivity contribution < 1.29 is 4.79 Å². The number of carbonyl (C=O) groups is 1. The van der Waals surface area contributed by atoms with Gasteiger partial charge in [0.25, 0.3) is 0 Å². The lowest BCUT2D eigenvalue weighted by molar-refractivity contribution is -0.126. The molecule has 7 heteroatoms. The van der Waals surface area contributed by atoms with Crippen molar-refractivity contribution >= 4 is 22.4 Å². The van der Waals surface area contributed by atoms with Gasteiger partial charge in [0.2, 0.25) is 11.0 Å². The van der Waals surface area contributed by atoms with Gasteiger partial charge in [0.1, 0.15) is 5.01 Å². The molecule has 1 atom stereocenters. The number of amides is 1. The van der Waals surface area contributed by atoms with E-state index in [1.807, 2.05) is 6.92 Å². The number of fused-ring (bicyclic) bond motifs is 1. The van der Waals surface area contributed by atoms with E-state index in [4.69, 9.17) is 5.73 Å². The van der Waals surface area contributed by atoms with Gasteiger partial charge in [0.15, 0.2) is 0 Å². The van der Waals surface area contributed by atoms with Gasteiger partial charge in [-0.25, -0.2) is 0 Å². The monoisotopic (exact) mass is 331 g/mol. The fourth-order valence-corrected chi connectivity index (χ4v) is 3.43. The van der Waals surface area contributed by atoms with Crippen LogP contribution in [0.1, 0.15) is 23.1 Å². The number of anilines is 1. The maximum Gasteiger partial charge on any atom is 0.237 e. The molecule has 0 fully saturated rings. The lowest BCUT2D eigenvalue weighted by atomic mass is 9.99. The Morgan fingerprint density at radius 1 is 1.39 bits per heavy atom. The zero-order chi connectivity index (χ0) is 16.2. The number of nitrogens with one attached hydrogen (secondary N) is 1. The van der Waals surface area contributed by atoms with Crippen molar-refractivity contribution in [1.82, 2.24) is 20.4 Å². The molecule has 1 aliphatic rings. The Morgan fingerprint density at radius 2 is 2.17 bits per heavy atom. The highest BCUT2D eigenvalue weighted by molar-refractivity contribution is 7.15. The summed E-state index contributed by atoms with van der Waals surface area (Å²) in [4.78, 5) is 14.6. The number of hydrogen-bond acceptors (Lipinski definition) is 6. The summed E-state index contributed by atoms with van der Waals surface area (Å²) in [6, 6.07) is 8.31. The second-order valence-corrected chi connectivity index (χ2v) is 6.83. The lowest BCUT2D eigenvalue weighted by Crippen LogP contribution is -2.47. The summed E-state index contributed by atoms with van der Waals surface area (Å²) in [5, 5.41) is 12.0. The zero-order valence-corrected chi connectivity index (χ0v) is 14.0. The Kier molecular flexibility index (Phi) is 4.88. The molecular formula is C16H21N5OS. The third-order valence-corrected chi connectivity index (χ3v) is 5.02. The molecule has 0 aliphatic carbocycles. The highest BCUT2D eigenvalue weighted by Gasteiger charge is 2.24. The minimum absolute atomic E-state index is 0.0573. The average molecular weight is 331 g/mol. The van der Waals surface area contributed by atoms with Crippen molar-refractivity contribution in [3.63, 3.8) is 0 Å². The average Bonchev–Trinajstić information content (AvgIpc) is 2.99. The molecule has 1 aromatic carbocycles. The van der Waals surface area contributed by atoms with E-state index in [2.05, 4.69) is 44.7 Å². The van der Waals surface area contributed by atoms with Gasteiger partial charge < -0.3 is 11.1 Å². The highest BCUT2D eigenvalue weighted by atomic mass is 32.1. The number of nitrogen functional groups attached to an aromatic ring is 1. The summed E-state index contributed by atoms with van der Waals surface area (Å²) < 4.78 is 0. The van der Waals surface area contributed by atoms with E-state index < -0.39 is 0 Å². The van der Waals surface area contributed by atoms with Crippen molar-refractivity contribution in [2.45, 2.75) is 32.4 Å². The fourth-order valence-electron chi connectivity index (χ4n) is 2.82. The van der Waals surface area contributed by atoms with E-state index in [0.29, 0.717) is 18.1 Å². The molecule has 0 saturated carbocycles. The Balaban J connectivity index is 1.50. The minimum atomic E-state index is -0.136. The van der Waals surface area contributed by atoms with Crippen LogP contribution >= 0.6 is 11.3 Å². The number of nitrogens with zero attached hydrogens (tertiary/aromatic N) is 3. The summed E-state index contributed by atoms with van der Waals surface area (Å²) in [6.07, 6.45) is 1.66. The van der Waals surface area contributed by atoms with Crippen LogP contribution in [0.15, 0.2) is 24.3 Å². The standard InChI is InChI=1S/C16H21N5OS/c1-11(15(22)18-8-6-14-19-20-16(17)23-14)21-9-7-12-4-2-3-5-13(12)10-21/h2-5,11H,6-10H2,1H3,(H2,17,20)(H,18,22)/t11-/m0/s1. The molecule has 0 saturated heterocycles. The van der Waals surface area contributed by atoms with Crippen LogP contribution in [0, 0.1) is 0 Å². The van der Waals surface area contributed by atoms with Crippen LogP contribution < -0.4 is 11.1 Å². The van der Waals surface area contributed by atoms with Gasteiger partial charge in [-0.3, -0.25) is 9.69 Å². The molecule has 0 bridgehead atoms. The largest absolute Gasteiger partial charge is 0.374 e. The number of hydrogen-bond donors (Lipinski definition) is 2. The molecule has 6 nitrogen and oxygen atoms in total. The van der Waals surface area contributed by atoms with Crippen LogP contribution in [0.2, 0.25) is 0 Å². The van der Waals surface area contributed by atoms with Crippen molar-refractivity contribution in [2.24, 2.45) is 0 Å². The summed E-state index contributed by atoms with van der Waals surface area (Å²) >= 11 is 1.36. The molecular weight excluding hydrogens is 310 g/mol. The van der Waals surface area contributed by atoms with Gasteiger partial charge in [-0.05, 0) is 24.5 Å². The lowest BCUT2D eigenvalue weighted by Gasteiger charge is -2.32. The normalized spacial score (nSPS) is 15.9. The predicted molar refractivity (Wildman–Crippen MR) is 91.1 cm³/mol. The molecule has 1 amide bonds. The van der Waals surface area contributed by atoms with Gasteiger partial charge in [-0.15, -0.1) is 10.2 Å². The maximum atomic E-state index is 12.3. The quantitative estimate of drug-likeness (QED) is 0.861. The predicted octanol–water partition coefficient (Wildman–Crippen LogP) is 1.23. The molecule has 3 N–H and O–H groups in total. The van der Waals surface area contributed by atoms with Crippen LogP contribution in [0.25, 0.3) is 0 Å². The van der Waals surface area contributed by atoms with E-state index in [1.165, 1.54) is 22.5 Å². The van der Waals surface area contributed by atoms with Crippen LogP contribution in [-0.2, 0) is 24.2 Å². The van der Waals surface area contributed by atoms with E-state index in [1.54, 1.807) is 0 Å². The summed E-state index contributed by atoms with van der Waals surface area (Å²) in [5.74, 6) is 0.0573. The first-order valence-electron chi connectivity index (χ1n) is 7.80. The van der Waals surface area contributed by atoms with E-state index in [-0.39, 0.29) is 11.9 Å². The van der Waals surface area contributed by atoms with Gasteiger partial charge >= 0.3 is 0 Å². The highest BCUT2D eigenvalue weighted by Crippen LogP contribution is 2.20. The Morgan fingerprint density at radius 3 is 2.91 bits per heavy atom. The molecule has 0 radical (unpaired) electrons. The molecule has 0 spiro atoms. The third kappa shape index (κ3) is 3.86. The van der Waals surface area contributed by atoms with Gasteiger partial charge in [0.05, 0.1) is 6.04 Å². The van der Waals surface area contributed by atoms with Crippen LogP contribution in [0.3, 0.4) is 0 Å². The maximum absolute atomic E-state index is 12.3.